The summed E-state index contributed by atoms with van der Waals surface area (Å²) in [5.41, 5.74) is 6.72. The van der Waals surface area contributed by atoms with Gasteiger partial charge >= 0.3 is 0 Å². The zero-order valence-electron chi connectivity index (χ0n) is 18.6. The van der Waals surface area contributed by atoms with Crippen molar-refractivity contribution in [2.45, 2.75) is 24.7 Å². The van der Waals surface area contributed by atoms with Crippen molar-refractivity contribution in [3.05, 3.63) is 36.5 Å². The summed E-state index contributed by atoms with van der Waals surface area (Å²) in [5.74, 6) is -0.664. The standard InChI is InChI=1S/C20H26N6O4S3/c1-5-13(2)26(11-10-16(21)27)20(22-3)31-12-17(28)23-19-25-24-18(32-19)14-6-8-15(9-7-14)33(4,29)30/h6-9H,2,5,10-12H2,1,3-4H3,(H2,21,27)(H,23,25,28). The predicted molar refractivity (Wildman–Crippen MR) is 133 cm³/mol. The highest BCUT2D eigenvalue weighted by Crippen LogP contribution is 2.27. The fourth-order valence-electron chi connectivity index (χ4n) is 2.59. The van der Waals surface area contributed by atoms with Gasteiger partial charge in [-0.3, -0.25) is 19.9 Å². The second-order valence-electron chi connectivity index (χ2n) is 6.84. The Morgan fingerprint density at radius 1 is 1.27 bits per heavy atom. The number of amidine groups is 1. The molecule has 0 unspecified atom stereocenters. The Morgan fingerprint density at radius 3 is 2.48 bits per heavy atom. The lowest BCUT2D eigenvalue weighted by Crippen LogP contribution is -2.32. The highest BCUT2D eigenvalue weighted by Gasteiger charge is 2.17. The zero-order chi connectivity index (χ0) is 24.6. The van der Waals surface area contributed by atoms with E-state index in [1.54, 1.807) is 24.1 Å². The monoisotopic (exact) mass is 510 g/mol. The Labute approximate surface area is 201 Å². The highest BCUT2D eigenvalue weighted by molar-refractivity contribution is 8.14. The van der Waals surface area contributed by atoms with Gasteiger partial charge in [-0.2, -0.15) is 0 Å². The molecule has 2 amide bonds. The van der Waals surface area contributed by atoms with Gasteiger partial charge in [0.1, 0.15) is 5.01 Å². The zero-order valence-corrected chi connectivity index (χ0v) is 21.0. The van der Waals surface area contributed by atoms with Crippen molar-refractivity contribution in [1.29, 1.82) is 0 Å². The molecule has 13 heteroatoms. The number of aliphatic imine (C=N–C) groups is 1. The molecule has 1 aromatic carbocycles. The number of hydrogen-bond acceptors (Lipinski definition) is 9. The molecule has 33 heavy (non-hydrogen) atoms. The van der Waals surface area contributed by atoms with E-state index < -0.39 is 15.7 Å². The van der Waals surface area contributed by atoms with Crippen LogP contribution in [-0.4, -0.2) is 66.1 Å². The predicted octanol–water partition coefficient (Wildman–Crippen LogP) is 2.37. The second kappa shape index (κ2) is 11.9. The van der Waals surface area contributed by atoms with Crippen molar-refractivity contribution < 1.29 is 18.0 Å². The number of primary amides is 1. The maximum Gasteiger partial charge on any atom is 0.236 e. The maximum atomic E-state index is 12.4. The van der Waals surface area contributed by atoms with Gasteiger partial charge in [-0.1, -0.05) is 48.7 Å². The minimum Gasteiger partial charge on any atom is -0.370 e. The molecule has 1 heterocycles. The van der Waals surface area contributed by atoms with Gasteiger partial charge < -0.3 is 10.6 Å². The molecule has 2 rings (SSSR count). The van der Waals surface area contributed by atoms with Gasteiger partial charge in [-0.15, -0.1) is 10.2 Å². The number of sulfone groups is 1. The van der Waals surface area contributed by atoms with Crippen molar-refractivity contribution >= 4 is 55.0 Å². The fraction of sp³-hybridized carbons (Fsp3) is 0.350. The quantitative estimate of drug-likeness (QED) is 0.366. The fourth-order valence-corrected chi connectivity index (χ4v) is 4.82. The van der Waals surface area contributed by atoms with Gasteiger partial charge in [0.2, 0.25) is 16.9 Å². The van der Waals surface area contributed by atoms with Crippen LogP contribution in [-0.2, 0) is 19.4 Å². The smallest absolute Gasteiger partial charge is 0.236 e. The van der Waals surface area contributed by atoms with E-state index in [-0.39, 0.29) is 23.0 Å². The van der Waals surface area contributed by atoms with Crippen molar-refractivity contribution in [3.63, 3.8) is 0 Å². The molecule has 10 nitrogen and oxygen atoms in total. The molecule has 0 radical (unpaired) electrons. The third-order valence-corrected chi connectivity index (χ3v) is 7.41. The first-order valence-corrected chi connectivity index (χ1v) is 13.5. The summed E-state index contributed by atoms with van der Waals surface area (Å²) >= 11 is 2.38. The van der Waals surface area contributed by atoms with Crippen molar-refractivity contribution in [2.75, 3.05) is 30.9 Å². The van der Waals surface area contributed by atoms with E-state index in [0.717, 1.165) is 12.0 Å². The molecule has 0 bridgehead atoms. The summed E-state index contributed by atoms with van der Waals surface area (Å²) in [7, 11) is -1.68. The average Bonchev–Trinajstić information content (AvgIpc) is 3.23. The number of nitrogens with two attached hydrogens (primary N) is 1. The van der Waals surface area contributed by atoms with Crippen LogP contribution >= 0.6 is 23.1 Å². The lowest BCUT2D eigenvalue weighted by Gasteiger charge is -2.26. The lowest BCUT2D eigenvalue weighted by atomic mass is 10.2. The molecule has 0 atom stereocenters. The van der Waals surface area contributed by atoms with E-state index in [0.29, 0.717) is 33.8 Å². The molecular weight excluding hydrogens is 484 g/mol. The molecule has 1 aromatic heterocycles. The number of allylic oxidation sites excluding steroid dienone is 1. The van der Waals surface area contributed by atoms with Crippen molar-refractivity contribution in [1.82, 2.24) is 15.1 Å². The first-order chi connectivity index (χ1) is 15.5. The second-order valence-corrected chi connectivity index (χ2v) is 10.8. The van der Waals surface area contributed by atoms with Crippen LogP contribution in [0.5, 0.6) is 0 Å². The van der Waals surface area contributed by atoms with E-state index in [2.05, 4.69) is 27.1 Å². The molecule has 0 aliphatic carbocycles. The van der Waals surface area contributed by atoms with Crippen molar-refractivity contribution in [3.8, 4) is 10.6 Å². The van der Waals surface area contributed by atoms with Gasteiger partial charge in [0, 0.05) is 37.5 Å². The van der Waals surface area contributed by atoms with Gasteiger partial charge in [0.25, 0.3) is 0 Å². The first kappa shape index (κ1) is 26.5. The Morgan fingerprint density at radius 2 is 1.94 bits per heavy atom. The number of rotatable bonds is 10. The summed E-state index contributed by atoms with van der Waals surface area (Å²) < 4.78 is 23.2. The number of amides is 2. The maximum absolute atomic E-state index is 12.4. The Bertz CT molecular complexity index is 1140. The van der Waals surface area contributed by atoms with Crippen LogP contribution in [0, 0.1) is 0 Å². The highest BCUT2D eigenvalue weighted by atomic mass is 32.2. The number of anilines is 1. The van der Waals surface area contributed by atoms with E-state index in [1.807, 2.05) is 6.92 Å². The number of aromatic nitrogens is 2. The third-order valence-electron chi connectivity index (χ3n) is 4.33. The minimum atomic E-state index is -3.28. The van der Waals surface area contributed by atoms with Gasteiger partial charge in [-0.05, 0) is 18.6 Å². The first-order valence-electron chi connectivity index (χ1n) is 9.82. The number of hydrogen-bond donors (Lipinski definition) is 2. The van der Waals surface area contributed by atoms with E-state index >= 15 is 0 Å². The van der Waals surface area contributed by atoms with Crippen LogP contribution in [0.3, 0.4) is 0 Å². The number of carbonyl (C=O) groups is 2. The van der Waals surface area contributed by atoms with Gasteiger partial charge in [0.15, 0.2) is 15.0 Å². The van der Waals surface area contributed by atoms with Crippen LogP contribution in [0.2, 0.25) is 0 Å². The average molecular weight is 511 g/mol. The number of benzene rings is 1. The van der Waals surface area contributed by atoms with Gasteiger partial charge in [0.05, 0.1) is 10.6 Å². The van der Waals surface area contributed by atoms with Crippen LogP contribution in [0.25, 0.3) is 10.6 Å². The molecule has 3 N–H and O–H groups in total. The topological polar surface area (TPSA) is 148 Å². The molecule has 0 aliphatic heterocycles. The molecule has 0 fully saturated rings. The number of carbonyl (C=O) groups excluding carboxylic acids is 2. The molecule has 0 saturated heterocycles. The van der Waals surface area contributed by atoms with Gasteiger partial charge in [-0.25, -0.2) is 8.42 Å². The normalized spacial score (nSPS) is 11.8. The van der Waals surface area contributed by atoms with Crippen LogP contribution in [0.15, 0.2) is 46.4 Å². The summed E-state index contributed by atoms with van der Waals surface area (Å²) in [5, 5.41) is 12.2. The third kappa shape index (κ3) is 7.94. The van der Waals surface area contributed by atoms with E-state index in [9.17, 15) is 18.0 Å². The van der Waals surface area contributed by atoms with Crippen LogP contribution in [0.4, 0.5) is 5.13 Å². The summed E-state index contributed by atoms with van der Waals surface area (Å²) in [6.07, 6.45) is 1.94. The minimum absolute atomic E-state index is 0.0642. The van der Waals surface area contributed by atoms with Crippen molar-refractivity contribution in [2.24, 2.45) is 10.7 Å². The molecule has 2 aromatic rings. The Kier molecular flexibility index (Phi) is 9.56. The Balaban J connectivity index is 1.99. The molecule has 178 valence electrons. The summed E-state index contributed by atoms with van der Waals surface area (Å²) in [6, 6.07) is 6.29. The van der Waals surface area contributed by atoms with E-state index in [4.69, 9.17) is 5.73 Å². The molecule has 0 saturated carbocycles. The number of nitrogens with one attached hydrogen (secondary N) is 1. The molecule has 0 aliphatic rings. The number of nitrogens with zero attached hydrogens (tertiary/aromatic N) is 4. The summed E-state index contributed by atoms with van der Waals surface area (Å²) in [4.78, 5) is 29.8. The number of thioether (sulfide) groups is 1. The largest absolute Gasteiger partial charge is 0.370 e. The van der Waals surface area contributed by atoms with Crippen LogP contribution in [0.1, 0.15) is 19.8 Å². The lowest BCUT2D eigenvalue weighted by molar-refractivity contribution is -0.118. The van der Waals surface area contributed by atoms with Crippen LogP contribution < -0.4 is 11.1 Å². The summed E-state index contributed by atoms with van der Waals surface area (Å²) in [6.45, 7) is 6.27. The SMILES string of the molecule is C=C(CC)N(CCC(N)=O)C(=NC)SCC(=O)Nc1nnc(-c2ccc(S(C)(=O)=O)cc2)s1. The molecular formula is C20H26N6O4S3. The molecule has 0 spiro atoms. The van der Waals surface area contributed by atoms with E-state index in [1.165, 1.54) is 35.2 Å². The Hall–Kier alpha value is -2.77.